The first kappa shape index (κ1) is 22.8. The number of phenolic OH excluding ortho intramolecular Hbond substituents is 1. The lowest BCUT2D eigenvalue weighted by Gasteiger charge is -2.26. The molecule has 3 rings (SSSR count). The van der Waals surface area contributed by atoms with Gasteiger partial charge in [-0.3, -0.25) is 19.7 Å². The van der Waals surface area contributed by atoms with Gasteiger partial charge in [0.2, 0.25) is 0 Å². The van der Waals surface area contributed by atoms with Crippen molar-refractivity contribution in [2.45, 2.75) is 6.04 Å². The summed E-state index contributed by atoms with van der Waals surface area (Å²) in [6, 6.07) is 8.61. The number of nitro groups is 1. The number of methoxy groups -OCH3 is 1. The number of nitrogens with zero attached hydrogens (tertiary/aromatic N) is 3. The van der Waals surface area contributed by atoms with Crippen LogP contribution in [0.25, 0.3) is 5.76 Å². The molecular formula is C22H23N3O7. The molecule has 1 atom stereocenters. The highest BCUT2D eigenvalue weighted by Crippen LogP contribution is 2.41. The third kappa shape index (κ3) is 4.26. The van der Waals surface area contributed by atoms with Crippen LogP contribution in [0.5, 0.6) is 11.5 Å². The molecular weight excluding hydrogens is 418 g/mol. The van der Waals surface area contributed by atoms with Gasteiger partial charge in [0.15, 0.2) is 0 Å². The zero-order chi connectivity index (χ0) is 23.6. The second kappa shape index (κ2) is 9.06. The topological polar surface area (TPSA) is 133 Å². The molecule has 0 aromatic heterocycles. The molecule has 10 nitrogen and oxygen atoms in total. The number of non-ortho nitro benzene ring substituents is 1. The average molecular weight is 441 g/mol. The zero-order valence-corrected chi connectivity index (χ0v) is 17.8. The molecule has 1 aliphatic heterocycles. The number of likely N-dealkylation sites (N-methyl/N-ethyl adjacent to an activating group) is 1. The molecule has 2 aromatic carbocycles. The summed E-state index contributed by atoms with van der Waals surface area (Å²) >= 11 is 0. The molecule has 0 spiro atoms. The van der Waals surface area contributed by atoms with Crippen molar-refractivity contribution in [1.82, 2.24) is 9.80 Å². The molecule has 1 aliphatic rings. The van der Waals surface area contributed by atoms with Gasteiger partial charge in [-0.25, -0.2) is 0 Å². The fourth-order valence-electron chi connectivity index (χ4n) is 3.56. The van der Waals surface area contributed by atoms with Crippen molar-refractivity contribution in [2.24, 2.45) is 0 Å². The summed E-state index contributed by atoms with van der Waals surface area (Å²) in [6.45, 7) is 0.572. The van der Waals surface area contributed by atoms with E-state index in [0.29, 0.717) is 17.9 Å². The van der Waals surface area contributed by atoms with Crippen LogP contribution in [0.3, 0.4) is 0 Å². The van der Waals surface area contributed by atoms with Crippen LogP contribution in [0.2, 0.25) is 0 Å². The maximum Gasteiger partial charge on any atom is 0.295 e. The Morgan fingerprint density at radius 1 is 1.22 bits per heavy atom. The molecule has 0 bridgehead atoms. The molecule has 2 aromatic rings. The van der Waals surface area contributed by atoms with E-state index >= 15 is 0 Å². The summed E-state index contributed by atoms with van der Waals surface area (Å²) in [6.07, 6.45) is 0. The Labute approximate surface area is 184 Å². The Kier molecular flexibility index (Phi) is 6.45. The van der Waals surface area contributed by atoms with Gasteiger partial charge in [0.05, 0.1) is 29.2 Å². The lowest BCUT2D eigenvalue weighted by molar-refractivity contribution is -0.384. The van der Waals surface area contributed by atoms with Gasteiger partial charge < -0.3 is 24.7 Å². The molecule has 1 unspecified atom stereocenters. The highest BCUT2D eigenvalue weighted by molar-refractivity contribution is 6.46. The number of benzene rings is 2. The van der Waals surface area contributed by atoms with Gasteiger partial charge in [-0.2, -0.15) is 0 Å². The number of ether oxygens (including phenoxy) is 1. The Morgan fingerprint density at radius 2 is 1.94 bits per heavy atom. The maximum absolute atomic E-state index is 12.9. The zero-order valence-electron chi connectivity index (χ0n) is 17.8. The van der Waals surface area contributed by atoms with Gasteiger partial charge in [0, 0.05) is 31.3 Å². The fourth-order valence-corrected chi connectivity index (χ4v) is 3.56. The number of carbonyl (C=O) groups is 2. The predicted molar refractivity (Wildman–Crippen MR) is 115 cm³/mol. The minimum absolute atomic E-state index is 0.0631. The van der Waals surface area contributed by atoms with Crippen LogP contribution >= 0.6 is 0 Å². The van der Waals surface area contributed by atoms with Crippen LogP contribution in [0.1, 0.15) is 17.2 Å². The lowest BCUT2D eigenvalue weighted by atomic mass is 9.94. The minimum atomic E-state index is -1.06. The lowest BCUT2D eigenvalue weighted by Crippen LogP contribution is -2.35. The molecule has 168 valence electrons. The smallest absolute Gasteiger partial charge is 0.295 e. The Bertz CT molecular complexity index is 1110. The second-order valence-electron chi connectivity index (χ2n) is 7.53. The summed E-state index contributed by atoms with van der Waals surface area (Å²) in [4.78, 5) is 39.6. The predicted octanol–water partition coefficient (Wildman–Crippen LogP) is 2.29. The SMILES string of the molecule is COc1ccc(/C(O)=C2\C(=O)C(=O)N(CCN(C)C)C2c2cccc([N+](=O)[O-])c2)c(O)c1. The van der Waals surface area contributed by atoms with E-state index in [-0.39, 0.29) is 29.1 Å². The molecule has 1 heterocycles. The molecule has 0 aliphatic carbocycles. The average Bonchev–Trinajstić information content (AvgIpc) is 3.01. The Morgan fingerprint density at radius 3 is 2.53 bits per heavy atom. The number of ketones is 1. The van der Waals surface area contributed by atoms with Crippen molar-refractivity contribution in [3.63, 3.8) is 0 Å². The number of aliphatic hydroxyl groups excluding tert-OH is 1. The maximum atomic E-state index is 12.9. The van der Waals surface area contributed by atoms with Crippen molar-refractivity contribution in [1.29, 1.82) is 0 Å². The van der Waals surface area contributed by atoms with Gasteiger partial charge in [-0.05, 0) is 31.8 Å². The standard InChI is InChI=1S/C22H23N3O7/c1-23(2)9-10-24-19(13-5-4-6-14(11-13)25(30)31)18(21(28)22(24)29)20(27)16-8-7-15(32-3)12-17(16)26/h4-8,11-12,19,26-27H,9-10H2,1-3H3/b20-18+. The Hall–Kier alpha value is -3.92. The van der Waals surface area contributed by atoms with E-state index < -0.39 is 28.4 Å². The van der Waals surface area contributed by atoms with Crippen molar-refractivity contribution in [3.05, 3.63) is 69.3 Å². The summed E-state index contributed by atoms with van der Waals surface area (Å²) in [5, 5.41) is 32.6. The molecule has 0 radical (unpaired) electrons. The summed E-state index contributed by atoms with van der Waals surface area (Å²) in [5.74, 6) is -2.36. The van der Waals surface area contributed by atoms with Gasteiger partial charge >= 0.3 is 0 Å². The number of aromatic hydroxyl groups is 1. The van der Waals surface area contributed by atoms with Crippen molar-refractivity contribution in [3.8, 4) is 11.5 Å². The number of rotatable bonds is 7. The molecule has 1 fully saturated rings. The van der Waals surface area contributed by atoms with E-state index in [1.165, 1.54) is 48.4 Å². The molecule has 2 N–H and O–H groups in total. The number of hydrogen-bond acceptors (Lipinski definition) is 8. The number of likely N-dealkylation sites (tertiary alicyclic amines) is 1. The number of hydrogen-bond donors (Lipinski definition) is 2. The van der Waals surface area contributed by atoms with Crippen LogP contribution in [0, 0.1) is 10.1 Å². The van der Waals surface area contributed by atoms with E-state index in [1.807, 2.05) is 4.90 Å². The van der Waals surface area contributed by atoms with Crippen LogP contribution in [-0.4, -0.2) is 70.9 Å². The molecule has 0 saturated carbocycles. The highest BCUT2D eigenvalue weighted by atomic mass is 16.6. The minimum Gasteiger partial charge on any atom is -0.507 e. The normalized spacial score (nSPS) is 17.8. The third-order valence-electron chi connectivity index (χ3n) is 5.18. The molecule has 32 heavy (non-hydrogen) atoms. The van der Waals surface area contributed by atoms with E-state index in [9.17, 15) is 29.9 Å². The quantitative estimate of drug-likeness (QED) is 0.220. The number of Topliss-reactive ketones (excluding diaryl/α,β-unsaturated/α-hetero) is 1. The van der Waals surface area contributed by atoms with Crippen LogP contribution in [0.4, 0.5) is 5.69 Å². The van der Waals surface area contributed by atoms with E-state index in [0.717, 1.165) is 0 Å². The number of amides is 1. The molecule has 1 saturated heterocycles. The van der Waals surface area contributed by atoms with Crippen LogP contribution in [0.15, 0.2) is 48.0 Å². The van der Waals surface area contributed by atoms with E-state index in [4.69, 9.17) is 4.74 Å². The van der Waals surface area contributed by atoms with Gasteiger partial charge in [-0.15, -0.1) is 0 Å². The van der Waals surface area contributed by atoms with Crippen molar-refractivity contribution >= 4 is 23.1 Å². The van der Waals surface area contributed by atoms with Crippen molar-refractivity contribution in [2.75, 3.05) is 34.3 Å². The van der Waals surface area contributed by atoms with Crippen LogP contribution in [-0.2, 0) is 9.59 Å². The van der Waals surface area contributed by atoms with E-state index in [1.54, 1.807) is 20.2 Å². The highest BCUT2D eigenvalue weighted by Gasteiger charge is 2.46. The first-order valence-corrected chi connectivity index (χ1v) is 9.70. The van der Waals surface area contributed by atoms with Gasteiger partial charge in [0.1, 0.15) is 17.3 Å². The van der Waals surface area contributed by atoms with E-state index in [2.05, 4.69) is 0 Å². The summed E-state index contributed by atoms with van der Waals surface area (Å²) < 4.78 is 5.04. The largest absolute Gasteiger partial charge is 0.507 e. The number of phenols is 1. The monoisotopic (exact) mass is 441 g/mol. The van der Waals surface area contributed by atoms with Crippen LogP contribution < -0.4 is 4.74 Å². The second-order valence-corrected chi connectivity index (χ2v) is 7.53. The number of nitro benzene ring substituents is 1. The van der Waals surface area contributed by atoms with Gasteiger partial charge in [0.25, 0.3) is 17.4 Å². The van der Waals surface area contributed by atoms with Crippen molar-refractivity contribution < 1.29 is 29.5 Å². The Balaban J connectivity index is 2.20. The number of carbonyl (C=O) groups excluding carboxylic acids is 2. The fraction of sp³-hybridized carbons (Fsp3) is 0.273. The van der Waals surface area contributed by atoms with Gasteiger partial charge in [-0.1, -0.05) is 12.1 Å². The third-order valence-corrected chi connectivity index (χ3v) is 5.18. The summed E-state index contributed by atoms with van der Waals surface area (Å²) in [7, 11) is 5.01. The number of aliphatic hydroxyl groups is 1. The molecule has 1 amide bonds. The first-order chi connectivity index (χ1) is 15.1. The summed E-state index contributed by atoms with van der Waals surface area (Å²) in [5.41, 5.74) is -0.235. The molecule has 10 heteroatoms. The first-order valence-electron chi connectivity index (χ1n) is 9.70.